The van der Waals surface area contributed by atoms with Crippen LogP contribution in [0.15, 0.2) is 35.2 Å². The van der Waals surface area contributed by atoms with Crippen LogP contribution in [0.3, 0.4) is 0 Å². The Morgan fingerprint density at radius 3 is 2.57 bits per heavy atom. The molecule has 0 unspecified atom stereocenters. The van der Waals surface area contributed by atoms with Crippen molar-refractivity contribution in [2.75, 3.05) is 13.2 Å². The molecule has 1 atom stereocenters. The number of nitrogens with one attached hydrogen (secondary N) is 1. The largest absolute Gasteiger partial charge is 0.347 e. The minimum absolute atomic E-state index is 0.207. The van der Waals surface area contributed by atoms with Gasteiger partial charge in [0, 0.05) is 19.4 Å². The van der Waals surface area contributed by atoms with Crippen LogP contribution in [-0.2, 0) is 19.5 Å². The SMILES string of the molecule is O=S(=O)(NC[C@@H]1COC2(CCCCC2)O1)c1ccccc1. The van der Waals surface area contributed by atoms with Gasteiger partial charge in [0.15, 0.2) is 5.79 Å². The van der Waals surface area contributed by atoms with Crippen LogP contribution in [0.5, 0.6) is 0 Å². The number of benzene rings is 1. The quantitative estimate of drug-likeness (QED) is 0.924. The van der Waals surface area contributed by atoms with Crippen molar-refractivity contribution in [1.82, 2.24) is 4.72 Å². The van der Waals surface area contributed by atoms with E-state index in [1.54, 1.807) is 30.3 Å². The molecule has 2 aliphatic rings. The van der Waals surface area contributed by atoms with Gasteiger partial charge in [0.1, 0.15) is 0 Å². The molecule has 1 aromatic carbocycles. The Morgan fingerprint density at radius 1 is 1.14 bits per heavy atom. The second-order valence-corrected chi connectivity index (χ2v) is 7.45. The lowest BCUT2D eigenvalue weighted by Gasteiger charge is -2.31. The maximum absolute atomic E-state index is 12.1. The molecule has 0 radical (unpaired) electrons. The molecule has 6 heteroatoms. The monoisotopic (exact) mass is 311 g/mol. The maximum Gasteiger partial charge on any atom is 0.240 e. The molecule has 0 bridgehead atoms. The normalized spacial score (nSPS) is 25.2. The third-order valence-electron chi connectivity index (χ3n) is 4.08. The van der Waals surface area contributed by atoms with Gasteiger partial charge in [-0.1, -0.05) is 24.6 Å². The summed E-state index contributed by atoms with van der Waals surface area (Å²) in [7, 11) is -3.48. The van der Waals surface area contributed by atoms with Gasteiger partial charge in [-0.3, -0.25) is 0 Å². The molecule has 1 aliphatic carbocycles. The summed E-state index contributed by atoms with van der Waals surface area (Å²) >= 11 is 0. The second-order valence-electron chi connectivity index (χ2n) is 5.69. The van der Waals surface area contributed by atoms with Gasteiger partial charge in [0.2, 0.25) is 10.0 Å². The minimum Gasteiger partial charge on any atom is -0.347 e. The predicted molar refractivity (Wildman–Crippen MR) is 78.3 cm³/mol. The van der Waals surface area contributed by atoms with E-state index in [-0.39, 0.29) is 17.5 Å². The van der Waals surface area contributed by atoms with Crippen molar-refractivity contribution >= 4 is 10.0 Å². The van der Waals surface area contributed by atoms with Crippen molar-refractivity contribution in [1.29, 1.82) is 0 Å². The Bertz CT molecular complexity index is 567. The van der Waals surface area contributed by atoms with E-state index in [0.717, 1.165) is 25.7 Å². The fraction of sp³-hybridized carbons (Fsp3) is 0.600. The minimum atomic E-state index is -3.48. The first kappa shape index (κ1) is 15.0. The average Bonchev–Trinajstić information content (AvgIpc) is 2.90. The van der Waals surface area contributed by atoms with Gasteiger partial charge in [-0.25, -0.2) is 13.1 Å². The zero-order valence-electron chi connectivity index (χ0n) is 12.0. The first-order chi connectivity index (χ1) is 10.1. The predicted octanol–water partition coefficient (Wildman–Crippen LogP) is 2.04. The molecule has 5 nitrogen and oxygen atoms in total. The second kappa shape index (κ2) is 6.04. The topological polar surface area (TPSA) is 64.6 Å². The van der Waals surface area contributed by atoms with Crippen LogP contribution in [0.25, 0.3) is 0 Å². The molecular weight excluding hydrogens is 290 g/mol. The fourth-order valence-corrected chi connectivity index (χ4v) is 4.04. The van der Waals surface area contributed by atoms with Gasteiger partial charge in [-0.2, -0.15) is 0 Å². The summed E-state index contributed by atoms with van der Waals surface area (Å²) in [5.41, 5.74) is 0. The van der Waals surface area contributed by atoms with Crippen molar-refractivity contribution < 1.29 is 17.9 Å². The van der Waals surface area contributed by atoms with Crippen LogP contribution in [0.1, 0.15) is 32.1 Å². The lowest BCUT2D eigenvalue weighted by molar-refractivity contribution is -0.186. The zero-order chi connectivity index (χ0) is 14.8. The van der Waals surface area contributed by atoms with E-state index in [1.165, 1.54) is 6.42 Å². The van der Waals surface area contributed by atoms with E-state index < -0.39 is 15.8 Å². The smallest absolute Gasteiger partial charge is 0.240 e. The molecule has 1 N–H and O–H groups in total. The molecule has 1 spiro atoms. The van der Waals surface area contributed by atoms with Crippen molar-refractivity contribution in [3.63, 3.8) is 0 Å². The standard InChI is InChI=1S/C15H21NO4S/c17-21(18,14-7-3-1-4-8-14)16-11-13-12-19-15(20-13)9-5-2-6-10-15/h1,3-4,7-8,13,16H,2,5-6,9-12H2/t13-/m1/s1. The maximum atomic E-state index is 12.1. The highest BCUT2D eigenvalue weighted by Crippen LogP contribution is 2.37. The molecule has 21 heavy (non-hydrogen) atoms. The Hall–Kier alpha value is -0.950. The van der Waals surface area contributed by atoms with Gasteiger partial charge in [-0.05, 0) is 25.0 Å². The first-order valence-electron chi connectivity index (χ1n) is 7.46. The summed E-state index contributed by atoms with van der Waals surface area (Å²) in [6.07, 6.45) is 5.07. The molecule has 0 aromatic heterocycles. The molecule has 1 heterocycles. The van der Waals surface area contributed by atoms with E-state index in [2.05, 4.69) is 4.72 Å². The summed E-state index contributed by atoms with van der Waals surface area (Å²) < 4.78 is 38.7. The highest BCUT2D eigenvalue weighted by atomic mass is 32.2. The van der Waals surface area contributed by atoms with Gasteiger partial charge >= 0.3 is 0 Å². The Labute approximate surface area is 125 Å². The van der Waals surface area contributed by atoms with Crippen LogP contribution >= 0.6 is 0 Å². The Balaban J connectivity index is 1.56. The summed E-state index contributed by atoms with van der Waals surface area (Å²) in [4.78, 5) is 0.274. The highest BCUT2D eigenvalue weighted by Gasteiger charge is 2.42. The van der Waals surface area contributed by atoms with Crippen LogP contribution in [0.4, 0.5) is 0 Å². The summed E-state index contributed by atoms with van der Waals surface area (Å²) in [5, 5.41) is 0. The van der Waals surface area contributed by atoms with Crippen molar-refractivity contribution in [2.24, 2.45) is 0 Å². The number of ether oxygens (including phenoxy) is 2. The third kappa shape index (κ3) is 3.45. The van der Waals surface area contributed by atoms with Crippen molar-refractivity contribution in [2.45, 2.75) is 48.9 Å². The summed E-state index contributed by atoms with van der Waals surface area (Å²) in [6, 6.07) is 8.37. The molecule has 3 rings (SSSR count). The Morgan fingerprint density at radius 2 is 1.86 bits per heavy atom. The van der Waals surface area contributed by atoms with Crippen LogP contribution in [0.2, 0.25) is 0 Å². The molecule has 116 valence electrons. The van der Waals surface area contributed by atoms with Gasteiger partial charge in [0.05, 0.1) is 17.6 Å². The summed E-state index contributed by atoms with van der Waals surface area (Å²) in [5.74, 6) is -0.457. The van der Waals surface area contributed by atoms with Crippen molar-refractivity contribution in [3.8, 4) is 0 Å². The van der Waals surface area contributed by atoms with Gasteiger partial charge in [0.25, 0.3) is 0 Å². The number of hydrogen-bond donors (Lipinski definition) is 1. The first-order valence-corrected chi connectivity index (χ1v) is 8.95. The van der Waals surface area contributed by atoms with Gasteiger partial charge in [-0.15, -0.1) is 0 Å². The zero-order valence-corrected chi connectivity index (χ0v) is 12.8. The van der Waals surface area contributed by atoms with Crippen LogP contribution in [0, 0.1) is 0 Å². The number of sulfonamides is 1. The van der Waals surface area contributed by atoms with E-state index in [0.29, 0.717) is 6.61 Å². The lowest BCUT2D eigenvalue weighted by atomic mass is 9.94. The van der Waals surface area contributed by atoms with Gasteiger partial charge < -0.3 is 9.47 Å². The molecule has 1 aromatic rings. The molecule has 1 saturated heterocycles. The number of rotatable bonds is 4. The van der Waals surface area contributed by atoms with Crippen molar-refractivity contribution in [3.05, 3.63) is 30.3 Å². The molecule has 1 saturated carbocycles. The van der Waals surface area contributed by atoms with E-state index in [4.69, 9.17) is 9.47 Å². The molecule has 2 fully saturated rings. The fourth-order valence-electron chi connectivity index (χ4n) is 2.96. The lowest BCUT2D eigenvalue weighted by Crippen LogP contribution is -2.37. The van der Waals surface area contributed by atoms with Crippen LogP contribution in [-0.4, -0.2) is 33.5 Å². The van der Waals surface area contributed by atoms with Crippen LogP contribution < -0.4 is 4.72 Å². The molecular formula is C15H21NO4S. The van der Waals surface area contributed by atoms with E-state index in [9.17, 15) is 8.42 Å². The number of hydrogen-bond acceptors (Lipinski definition) is 4. The summed E-state index contributed by atoms with van der Waals surface area (Å²) in [6.45, 7) is 0.705. The highest BCUT2D eigenvalue weighted by molar-refractivity contribution is 7.89. The van der Waals surface area contributed by atoms with E-state index >= 15 is 0 Å². The third-order valence-corrected chi connectivity index (χ3v) is 5.52. The average molecular weight is 311 g/mol. The molecule has 0 amide bonds. The Kier molecular flexibility index (Phi) is 4.31. The molecule has 1 aliphatic heterocycles. The van der Waals surface area contributed by atoms with E-state index in [1.807, 2.05) is 0 Å².